The maximum absolute atomic E-state index is 14.0. The van der Waals surface area contributed by atoms with Crippen LogP contribution in [0.4, 0.5) is 15.8 Å². The van der Waals surface area contributed by atoms with E-state index in [0.717, 1.165) is 18.8 Å². The molecule has 144 valence electrons. The predicted molar refractivity (Wildman–Crippen MR) is 106 cm³/mol. The summed E-state index contributed by atoms with van der Waals surface area (Å²) in [6.07, 6.45) is 3.32. The van der Waals surface area contributed by atoms with Crippen molar-refractivity contribution in [1.29, 1.82) is 0 Å². The summed E-state index contributed by atoms with van der Waals surface area (Å²) in [6, 6.07) is 8.60. The lowest BCUT2D eigenvalue weighted by atomic mass is 10.2. The van der Waals surface area contributed by atoms with Gasteiger partial charge >= 0.3 is 0 Å². The van der Waals surface area contributed by atoms with Crippen molar-refractivity contribution in [1.82, 2.24) is 14.8 Å². The fourth-order valence-corrected chi connectivity index (χ4v) is 3.12. The second-order valence-corrected chi connectivity index (χ2v) is 6.92. The molecule has 1 aliphatic rings. The van der Waals surface area contributed by atoms with E-state index in [0.29, 0.717) is 37.4 Å². The summed E-state index contributed by atoms with van der Waals surface area (Å²) in [6.45, 7) is 4.03. The second-order valence-electron chi connectivity index (χ2n) is 6.92. The number of nitrogens with one attached hydrogen (secondary N) is 1. The zero-order valence-corrected chi connectivity index (χ0v) is 15.9. The van der Waals surface area contributed by atoms with Gasteiger partial charge in [0.15, 0.2) is 0 Å². The van der Waals surface area contributed by atoms with Crippen molar-refractivity contribution < 1.29 is 9.18 Å². The summed E-state index contributed by atoms with van der Waals surface area (Å²) in [7, 11) is 4.03. The van der Waals surface area contributed by atoms with Crippen molar-refractivity contribution in [2.45, 2.75) is 0 Å². The van der Waals surface area contributed by atoms with E-state index in [-0.39, 0.29) is 11.7 Å². The van der Waals surface area contributed by atoms with Gasteiger partial charge in [0.25, 0.3) is 5.91 Å². The zero-order chi connectivity index (χ0) is 19.2. The third kappa shape index (κ3) is 4.95. The number of likely N-dealkylation sites (N-methyl/N-ethyl adjacent to an activating group) is 1. The number of rotatable bonds is 6. The molecular weight excluding hydrogens is 345 g/mol. The Morgan fingerprint density at radius 3 is 2.63 bits per heavy atom. The number of nitrogens with zero attached hydrogens (tertiary/aromatic N) is 4. The van der Waals surface area contributed by atoms with E-state index in [1.807, 2.05) is 31.1 Å². The number of hydrogen-bond donors (Lipinski definition) is 1. The van der Waals surface area contributed by atoms with Crippen LogP contribution in [0.5, 0.6) is 0 Å². The molecule has 0 spiro atoms. The lowest BCUT2D eigenvalue weighted by molar-refractivity contribution is 0.0746. The van der Waals surface area contributed by atoms with E-state index in [2.05, 4.69) is 15.2 Å². The van der Waals surface area contributed by atoms with Gasteiger partial charge in [-0.2, -0.15) is 0 Å². The first-order chi connectivity index (χ1) is 13.0. The molecular formula is C20H26FN5O. The number of hydrogen-bond acceptors (Lipinski definition) is 5. The van der Waals surface area contributed by atoms with Crippen molar-refractivity contribution >= 4 is 17.3 Å². The highest BCUT2D eigenvalue weighted by Gasteiger charge is 2.23. The Balaban J connectivity index is 1.58. The first-order valence-corrected chi connectivity index (χ1v) is 9.17. The minimum Gasteiger partial charge on any atom is -0.382 e. The van der Waals surface area contributed by atoms with E-state index in [1.54, 1.807) is 29.4 Å². The number of carbonyl (C=O) groups is 1. The van der Waals surface area contributed by atoms with Crippen LogP contribution >= 0.6 is 0 Å². The first kappa shape index (κ1) is 19.1. The molecule has 0 aliphatic carbocycles. The molecule has 1 aromatic heterocycles. The Bertz CT molecular complexity index is 774. The Hall–Kier alpha value is -2.67. The van der Waals surface area contributed by atoms with Crippen LogP contribution in [0.15, 0.2) is 42.7 Å². The van der Waals surface area contributed by atoms with Crippen LogP contribution in [0.2, 0.25) is 0 Å². The molecule has 0 bridgehead atoms. The SMILES string of the molecule is CN(C)CCNc1cncc(C(=O)N2CCN(c3ccccc3F)CC2)c1. The summed E-state index contributed by atoms with van der Waals surface area (Å²) in [4.78, 5) is 22.9. The van der Waals surface area contributed by atoms with Gasteiger partial charge in [0, 0.05) is 51.7 Å². The summed E-state index contributed by atoms with van der Waals surface area (Å²) >= 11 is 0. The van der Waals surface area contributed by atoms with E-state index in [1.165, 1.54) is 6.07 Å². The largest absolute Gasteiger partial charge is 0.382 e. The molecule has 1 saturated heterocycles. The van der Waals surface area contributed by atoms with Crippen LogP contribution in [-0.4, -0.2) is 74.1 Å². The molecule has 3 rings (SSSR count). The number of amides is 1. The molecule has 6 nitrogen and oxygen atoms in total. The number of anilines is 2. The number of benzene rings is 1. The molecule has 27 heavy (non-hydrogen) atoms. The maximum Gasteiger partial charge on any atom is 0.255 e. The molecule has 7 heteroatoms. The molecule has 2 aromatic rings. The molecule has 1 N–H and O–H groups in total. The second kappa shape index (κ2) is 8.81. The van der Waals surface area contributed by atoms with Crippen molar-refractivity contribution in [3.8, 4) is 0 Å². The van der Waals surface area contributed by atoms with Crippen LogP contribution in [0.1, 0.15) is 10.4 Å². The normalized spacial score (nSPS) is 14.5. The van der Waals surface area contributed by atoms with Gasteiger partial charge in [0.05, 0.1) is 16.9 Å². The third-order valence-electron chi connectivity index (χ3n) is 4.63. The van der Waals surface area contributed by atoms with Crippen LogP contribution in [0.3, 0.4) is 0 Å². The summed E-state index contributed by atoms with van der Waals surface area (Å²) in [5, 5.41) is 3.28. The maximum atomic E-state index is 14.0. The highest BCUT2D eigenvalue weighted by atomic mass is 19.1. The monoisotopic (exact) mass is 371 g/mol. The predicted octanol–water partition coefficient (Wildman–Crippen LogP) is 2.16. The lowest BCUT2D eigenvalue weighted by Crippen LogP contribution is -2.49. The third-order valence-corrected chi connectivity index (χ3v) is 4.63. The average Bonchev–Trinajstić information content (AvgIpc) is 2.68. The van der Waals surface area contributed by atoms with Crippen molar-refractivity contribution in [3.63, 3.8) is 0 Å². The van der Waals surface area contributed by atoms with Crippen LogP contribution in [-0.2, 0) is 0 Å². The molecule has 1 fully saturated rings. The van der Waals surface area contributed by atoms with Crippen molar-refractivity contribution in [2.24, 2.45) is 0 Å². The van der Waals surface area contributed by atoms with Gasteiger partial charge < -0.3 is 20.0 Å². The first-order valence-electron chi connectivity index (χ1n) is 9.17. The van der Waals surface area contributed by atoms with Crippen LogP contribution in [0.25, 0.3) is 0 Å². The van der Waals surface area contributed by atoms with Gasteiger partial charge in [-0.15, -0.1) is 0 Å². The van der Waals surface area contributed by atoms with Gasteiger partial charge in [-0.25, -0.2) is 4.39 Å². The minimum absolute atomic E-state index is 0.0352. The molecule has 2 heterocycles. The molecule has 1 aliphatic heterocycles. The van der Waals surface area contributed by atoms with Gasteiger partial charge in [-0.1, -0.05) is 12.1 Å². The molecule has 0 saturated carbocycles. The fraction of sp³-hybridized carbons (Fsp3) is 0.400. The summed E-state index contributed by atoms with van der Waals surface area (Å²) in [5.74, 6) is -0.259. The summed E-state index contributed by atoms with van der Waals surface area (Å²) < 4.78 is 14.0. The van der Waals surface area contributed by atoms with E-state index < -0.39 is 0 Å². The Labute approximate surface area is 159 Å². The smallest absolute Gasteiger partial charge is 0.255 e. The standard InChI is InChI=1S/C20H26FN5O/c1-24(2)8-7-23-17-13-16(14-22-15-17)20(27)26-11-9-25(10-12-26)19-6-4-3-5-18(19)21/h3-6,13-15,23H,7-12H2,1-2H3. The van der Waals surface area contributed by atoms with E-state index in [9.17, 15) is 9.18 Å². The Kier molecular flexibility index (Phi) is 6.24. The number of para-hydroxylation sites is 1. The number of piperazine rings is 1. The van der Waals surface area contributed by atoms with Gasteiger partial charge in [-0.3, -0.25) is 9.78 Å². The van der Waals surface area contributed by atoms with Crippen LogP contribution < -0.4 is 10.2 Å². The molecule has 0 unspecified atom stereocenters. The average molecular weight is 371 g/mol. The molecule has 1 aromatic carbocycles. The van der Waals surface area contributed by atoms with Crippen LogP contribution in [0, 0.1) is 5.82 Å². The van der Waals surface area contributed by atoms with Crippen molar-refractivity contribution in [3.05, 3.63) is 54.1 Å². The van der Waals surface area contributed by atoms with Gasteiger partial charge in [0.2, 0.25) is 0 Å². The molecule has 0 atom stereocenters. The molecule has 0 radical (unpaired) electrons. The number of halogens is 1. The van der Waals surface area contributed by atoms with Crippen molar-refractivity contribution in [2.75, 3.05) is 63.6 Å². The Morgan fingerprint density at radius 2 is 1.93 bits per heavy atom. The summed E-state index contributed by atoms with van der Waals surface area (Å²) in [5.41, 5.74) is 2.01. The van der Waals surface area contributed by atoms with E-state index in [4.69, 9.17) is 0 Å². The van der Waals surface area contributed by atoms with E-state index >= 15 is 0 Å². The van der Waals surface area contributed by atoms with Gasteiger partial charge in [-0.05, 0) is 32.3 Å². The number of pyridine rings is 1. The highest BCUT2D eigenvalue weighted by Crippen LogP contribution is 2.21. The zero-order valence-electron chi connectivity index (χ0n) is 15.9. The minimum atomic E-state index is -0.224. The number of carbonyl (C=O) groups excluding carboxylic acids is 1. The quantitative estimate of drug-likeness (QED) is 0.843. The Morgan fingerprint density at radius 1 is 1.19 bits per heavy atom. The van der Waals surface area contributed by atoms with Gasteiger partial charge in [0.1, 0.15) is 5.82 Å². The number of aromatic nitrogens is 1. The topological polar surface area (TPSA) is 51.7 Å². The fourth-order valence-electron chi connectivity index (χ4n) is 3.12. The molecule has 1 amide bonds. The highest BCUT2D eigenvalue weighted by molar-refractivity contribution is 5.95. The lowest BCUT2D eigenvalue weighted by Gasteiger charge is -2.36.